The van der Waals surface area contributed by atoms with Crippen LogP contribution in [0.1, 0.15) is 16.1 Å². The average Bonchev–Trinajstić information content (AvgIpc) is 3.35. The summed E-state index contributed by atoms with van der Waals surface area (Å²) >= 11 is 0. The van der Waals surface area contributed by atoms with Crippen molar-refractivity contribution >= 4 is 5.91 Å². The van der Waals surface area contributed by atoms with E-state index in [1.54, 1.807) is 6.20 Å². The first-order valence-electron chi connectivity index (χ1n) is 10.9. The third kappa shape index (κ3) is 4.38. The lowest BCUT2D eigenvalue weighted by molar-refractivity contribution is 0.0664. The SMILES string of the molecule is Cc1ncc(-c2ccc(C(=O)N3CCN(C)CC3)cc2)nc1-c1nnc(-c2ccccc2)o1. The van der Waals surface area contributed by atoms with Gasteiger partial charge in [0.2, 0.25) is 5.89 Å². The van der Waals surface area contributed by atoms with E-state index in [9.17, 15) is 4.79 Å². The third-order valence-electron chi connectivity index (χ3n) is 5.82. The molecule has 1 saturated heterocycles. The minimum Gasteiger partial charge on any atom is -0.415 e. The fraction of sp³-hybridized carbons (Fsp3) is 0.240. The Hall–Kier alpha value is -3.91. The molecular formula is C25H24N6O2. The smallest absolute Gasteiger partial charge is 0.268 e. The van der Waals surface area contributed by atoms with Crippen LogP contribution in [0.15, 0.2) is 65.2 Å². The van der Waals surface area contributed by atoms with E-state index in [2.05, 4.69) is 27.1 Å². The number of rotatable bonds is 4. The van der Waals surface area contributed by atoms with Gasteiger partial charge in [-0.25, -0.2) is 4.98 Å². The largest absolute Gasteiger partial charge is 0.415 e. The van der Waals surface area contributed by atoms with Crippen LogP contribution < -0.4 is 0 Å². The van der Waals surface area contributed by atoms with Gasteiger partial charge in [0.05, 0.1) is 17.6 Å². The summed E-state index contributed by atoms with van der Waals surface area (Å²) in [5.41, 5.74) is 4.30. The van der Waals surface area contributed by atoms with E-state index in [4.69, 9.17) is 9.40 Å². The molecule has 1 aliphatic heterocycles. The molecule has 0 N–H and O–H groups in total. The number of hydrogen-bond acceptors (Lipinski definition) is 7. The van der Waals surface area contributed by atoms with Crippen LogP contribution in [-0.2, 0) is 0 Å². The molecule has 166 valence electrons. The Labute approximate surface area is 191 Å². The van der Waals surface area contributed by atoms with Gasteiger partial charge in [0, 0.05) is 42.9 Å². The van der Waals surface area contributed by atoms with Crippen LogP contribution in [0, 0.1) is 6.92 Å². The summed E-state index contributed by atoms with van der Waals surface area (Å²) in [4.78, 5) is 26.2. The van der Waals surface area contributed by atoms with Gasteiger partial charge in [-0.1, -0.05) is 30.3 Å². The quantitative estimate of drug-likeness (QED) is 0.479. The lowest BCUT2D eigenvalue weighted by Gasteiger charge is -2.32. The van der Waals surface area contributed by atoms with Crippen molar-refractivity contribution in [1.29, 1.82) is 0 Å². The van der Waals surface area contributed by atoms with Gasteiger partial charge in [-0.2, -0.15) is 0 Å². The number of aryl methyl sites for hydroxylation is 1. The molecule has 0 saturated carbocycles. The summed E-state index contributed by atoms with van der Waals surface area (Å²) in [7, 11) is 2.07. The summed E-state index contributed by atoms with van der Waals surface area (Å²) in [6.07, 6.45) is 1.71. The van der Waals surface area contributed by atoms with Gasteiger partial charge in [0.25, 0.3) is 11.8 Å². The van der Waals surface area contributed by atoms with Crippen molar-refractivity contribution in [3.63, 3.8) is 0 Å². The first-order valence-corrected chi connectivity index (χ1v) is 10.9. The number of nitrogens with zero attached hydrogens (tertiary/aromatic N) is 6. The summed E-state index contributed by atoms with van der Waals surface area (Å²) in [6.45, 7) is 5.15. The summed E-state index contributed by atoms with van der Waals surface area (Å²) in [5.74, 6) is 0.816. The van der Waals surface area contributed by atoms with Gasteiger partial charge in [-0.05, 0) is 38.2 Å². The molecule has 1 aliphatic rings. The standard InChI is InChI=1S/C25H24N6O2/c1-17-22(24-29-28-23(33-24)19-6-4-3-5-7-19)27-21(16-26-17)18-8-10-20(11-9-18)25(32)31-14-12-30(2)13-15-31/h3-11,16H,12-15H2,1-2H3. The second-order valence-electron chi connectivity index (χ2n) is 8.14. The Morgan fingerprint density at radius 1 is 0.879 bits per heavy atom. The Morgan fingerprint density at radius 3 is 2.30 bits per heavy atom. The second kappa shape index (κ2) is 8.91. The van der Waals surface area contributed by atoms with Crippen molar-refractivity contribution < 1.29 is 9.21 Å². The monoisotopic (exact) mass is 440 g/mol. The minimum atomic E-state index is 0.0598. The highest BCUT2D eigenvalue weighted by Gasteiger charge is 2.21. The minimum absolute atomic E-state index is 0.0598. The van der Waals surface area contributed by atoms with E-state index in [1.807, 2.05) is 66.4 Å². The maximum Gasteiger partial charge on any atom is 0.268 e. The Kier molecular flexibility index (Phi) is 5.66. The predicted molar refractivity (Wildman–Crippen MR) is 124 cm³/mol. The van der Waals surface area contributed by atoms with Crippen molar-refractivity contribution in [2.24, 2.45) is 0 Å². The maximum absolute atomic E-state index is 12.8. The van der Waals surface area contributed by atoms with Crippen molar-refractivity contribution in [3.05, 3.63) is 72.1 Å². The molecule has 5 rings (SSSR count). The molecule has 0 aliphatic carbocycles. The molecule has 33 heavy (non-hydrogen) atoms. The third-order valence-corrected chi connectivity index (χ3v) is 5.82. The van der Waals surface area contributed by atoms with Crippen molar-refractivity contribution in [3.8, 4) is 34.3 Å². The molecule has 0 unspecified atom stereocenters. The van der Waals surface area contributed by atoms with E-state index in [0.29, 0.717) is 34.4 Å². The molecule has 2 aromatic carbocycles. The number of amides is 1. The Morgan fingerprint density at radius 2 is 1.58 bits per heavy atom. The van der Waals surface area contributed by atoms with Crippen LogP contribution >= 0.6 is 0 Å². The second-order valence-corrected chi connectivity index (χ2v) is 8.14. The van der Waals surface area contributed by atoms with Gasteiger partial charge < -0.3 is 14.2 Å². The molecule has 0 atom stereocenters. The van der Waals surface area contributed by atoms with Crippen molar-refractivity contribution in [2.45, 2.75) is 6.92 Å². The topological polar surface area (TPSA) is 88.3 Å². The summed E-state index contributed by atoms with van der Waals surface area (Å²) in [6, 6.07) is 17.1. The van der Waals surface area contributed by atoms with Crippen LogP contribution in [0.5, 0.6) is 0 Å². The van der Waals surface area contributed by atoms with Crippen LogP contribution in [0.25, 0.3) is 34.3 Å². The molecule has 8 heteroatoms. The number of aromatic nitrogens is 4. The molecule has 0 radical (unpaired) electrons. The average molecular weight is 441 g/mol. The van der Waals surface area contributed by atoms with Crippen LogP contribution in [0.2, 0.25) is 0 Å². The number of benzene rings is 2. The molecular weight excluding hydrogens is 416 g/mol. The van der Waals surface area contributed by atoms with E-state index in [1.165, 1.54) is 0 Å². The van der Waals surface area contributed by atoms with Gasteiger partial charge in [0.1, 0.15) is 5.69 Å². The van der Waals surface area contributed by atoms with Crippen molar-refractivity contribution in [2.75, 3.05) is 33.2 Å². The first-order chi connectivity index (χ1) is 16.1. The number of carbonyl (C=O) groups excluding carboxylic acids is 1. The first kappa shape index (κ1) is 21.0. The van der Waals surface area contributed by atoms with Crippen LogP contribution in [0.3, 0.4) is 0 Å². The van der Waals surface area contributed by atoms with Crippen LogP contribution in [0.4, 0.5) is 0 Å². The van der Waals surface area contributed by atoms with Gasteiger partial charge in [-0.15, -0.1) is 10.2 Å². The highest BCUT2D eigenvalue weighted by atomic mass is 16.4. The lowest BCUT2D eigenvalue weighted by Crippen LogP contribution is -2.47. The Balaban J connectivity index is 1.38. The number of likely N-dealkylation sites (N-methyl/N-ethyl adjacent to an activating group) is 1. The van der Waals surface area contributed by atoms with Gasteiger partial charge >= 0.3 is 0 Å². The van der Waals surface area contributed by atoms with E-state index < -0.39 is 0 Å². The molecule has 1 amide bonds. The summed E-state index contributed by atoms with van der Waals surface area (Å²) in [5, 5.41) is 8.34. The van der Waals surface area contributed by atoms with E-state index in [-0.39, 0.29) is 5.91 Å². The molecule has 1 fully saturated rings. The number of hydrogen-bond donors (Lipinski definition) is 0. The Bertz CT molecular complexity index is 1260. The molecule has 3 heterocycles. The lowest BCUT2D eigenvalue weighted by atomic mass is 10.1. The molecule has 0 bridgehead atoms. The highest BCUT2D eigenvalue weighted by molar-refractivity contribution is 5.94. The predicted octanol–water partition coefficient (Wildman–Crippen LogP) is 3.56. The van der Waals surface area contributed by atoms with Crippen molar-refractivity contribution in [1.82, 2.24) is 30.0 Å². The number of piperazine rings is 1. The highest BCUT2D eigenvalue weighted by Crippen LogP contribution is 2.26. The zero-order valence-corrected chi connectivity index (χ0v) is 18.6. The van der Waals surface area contributed by atoms with Gasteiger partial charge in [-0.3, -0.25) is 9.78 Å². The fourth-order valence-electron chi connectivity index (χ4n) is 3.78. The maximum atomic E-state index is 12.8. The molecule has 2 aromatic heterocycles. The number of carbonyl (C=O) groups is 1. The van der Waals surface area contributed by atoms with Gasteiger partial charge in [0.15, 0.2) is 0 Å². The summed E-state index contributed by atoms with van der Waals surface area (Å²) < 4.78 is 5.87. The molecule has 8 nitrogen and oxygen atoms in total. The zero-order chi connectivity index (χ0) is 22.8. The zero-order valence-electron chi connectivity index (χ0n) is 18.6. The van der Waals surface area contributed by atoms with E-state index in [0.717, 1.165) is 37.3 Å². The van der Waals surface area contributed by atoms with Crippen LogP contribution in [-0.4, -0.2) is 69.1 Å². The van der Waals surface area contributed by atoms with E-state index >= 15 is 0 Å². The fourth-order valence-corrected chi connectivity index (χ4v) is 3.78. The normalized spacial score (nSPS) is 14.4. The molecule has 4 aromatic rings. The molecule has 0 spiro atoms.